The Morgan fingerprint density at radius 2 is 0.892 bits per heavy atom. The van der Waals surface area contributed by atoms with E-state index in [-0.39, 0.29) is 19.4 Å². The van der Waals surface area contributed by atoms with Crippen molar-refractivity contribution in [2.45, 2.75) is 352 Å². The minimum absolute atomic E-state index is 0.129. The molecule has 0 aliphatic carbocycles. The van der Waals surface area contributed by atoms with Crippen LogP contribution >= 0.6 is 0 Å². The zero-order chi connectivity index (χ0) is 54.0. The molecule has 0 aromatic heterocycles. The second-order valence-electron chi connectivity index (χ2n) is 22.1. The Hall–Kier alpha value is -1.86. The lowest BCUT2D eigenvalue weighted by atomic mass is 9.99. The maximum atomic E-state index is 13.4. The highest BCUT2D eigenvalue weighted by Gasteiger charge is 2.47. The zero-order valence-corrected chi connectivity index (χ0v) is 48.2. The molecule has 1 amide bonds. The van der Waals surface area contributed by atoms with Gasteiger partial charge in [-0.2, -0.15) is 0 Å². The smallest absolute Gasteiger partial charge is 0.306 e. The number of nitrogens with one attached hydrogen (secondary N) is 1. The Morgan fingerprint density at radius 1 is 0.514 bits per heavy atom. The number of aliphatic hydroxyl groups is 5. The van der Waals surface area contributed by atoms with Crippen LogP contribution in [0.25, 0.3) is 0 Å². The van der Waals surface area contributed by atoms with Crippen LogP contribution in [0.5, 0.6) is 0 Å². The van der Waals surface area contributed by atoms with Crippen LogP contribution in [0.1, 0.15) is 303 Å². The number of ether oxygens (including phenoxy) is 3. The molecule has 0 spiro atoms. The highest BCUT2D eigenvalue weighted by Crippen LogP contribution is 2.26. The van der Waals surface area contributed by atoms with Crippen molar-refractivity contribution in [3.05, 3.63) is 24.3 Å². The molecule has 8 atom stereocenters. The van der Waals surface area contributed by atoms with Crippen molar-refractivity contribution in [1.82, 2.24) is 5.32 Å². The van der Waals surface area contributed by atoms with Gasteiger partial charge >= 0.3 is 5.97 Å². The van der Waals surface area contributed by atoms with Crippen LogP contribution in [0.4, 0.5) is 0 Å². The van der Waals surface area contributed by atoms with Gasteiger partial charge in [-0.1, -0.05) is 270 Å². The Morgan fingerprint density at radius 3 is 1.32 bits per heavy atom. The molecule has 0 radical (unpaired) electrons. The third kappa shape index (κ3) is 39.5. The summed E-state index contributed by atoms with van der Waals surface area (Å²) in [6, 6.07) is -1.02. The molecule has 0 aromatic carbocycles. The SMILES string of the molecule is CCCCCC/C=C\CCCCCCCCC(O)C(=O)NC(COC1OC(CO)C(O)C(O)C1OC(=O)CCCCCCCCCCCCCCCCCCCCC)C(O)/C=C/CCCCCCCCCCCC. The highest BCUT2D eigenvalue weighted by molar-refractivity contribution is 5.80. The van der Waals surface area contributed by atoms with E-state index >= 15 is 0 Å². The normalized spacial score (nSPS) is 19.4. The van der Waals surface area contributed by atoms with Crippen molar-refractivity contribution in [1.29, 1.82) is 0 Å². The predicted molar refractivity (Wildman–Crippen MR) is 306 cm³/mol. The summed E-state index contributed by atoms with van der Waals surface area (Å²) in [6.07, 6.45) is 49.3. The molecule has 0 saturated carbocycles. The van der Waals surface area contributed by atoms with Gasteiger partial charge in [0, 0.05) is 6.42 Å². The summed E-state index contributed by atoms with van der Waals surface area (Å²) in [5.41, 5.74) is 0. The number of carbonyl (C=O) groups excluding carboxylic acids is 2. The van der Waals surface area contributed by atoms with E-state index in [0.29, 0.717) is 12.8 Å². The van der Waals surface area contributed by atoms with E-state index in [4.69, 9.17) is 14.2 Å². The first-order valence-electron chi connectivity index (χ1n) is 31.6. The molecule has 0 bridgehead atoms. The standard InChI is InChI=1S/C63H119NO10/c1-4-7-10-13-16-19-22-25-27-28-29-30-31-33-36-39-42-45-48-51-58(68)74-61-60(70)59(69)57(52-65)73-63(61)72-53-54(55(66)49-46-43-40-37-34-24-21-18-15-12-9-6-3)64-62(71)56(67)50-47-44-41-38-35-32-26-23-20-17-14-11-8-5-2/h20,23,46,49,54-57,59-61,63,65-67,69-70H,4-19,21-22,24-45,47-48,50-53H2,1-3H3,(H,64,71)/b23-20-,49-46+. The lowest BCUT2D eigenvalue weighted by Gasteiger charge is -2.41. The van der Waals surface area contributed by atoms with Gasteiger partial charge in [0.1, 0.15) is 24.4 Å². The Balaban J connectivity index is 2.65. The van der Waals surface area contributed by atoms with Crippen molar-refractivity contribution < 1.29 is 49.3 Å². The van der Waals surface area contributed by atoms with Gasteiger partial charge in [-0.05, 0) is 51.4 Å². The number of aliphatic hydroxyl groups excluding tert-OH is 5. The zero-order valence-electron chi connectivity index (χ0n) is 48.2. The largest absolute Gasteiger partial charge is 0.454 e. The van der Waals surface area contributed by atoms with E-state index in [2.05, 4.69) is 38.2 Å². The van der Waals surface area contributed by atoms with Crippen molar-refractivity contribution in [3.8, 4) is 0 Å². The van der Waals surface area contributed by atoms with E-state index < -0.39 is 67.4 Å². The number of hydrogen-bond acceptors (Lipinski definition) is 10. The number of allylic oxidation sites excluding steroid dienone is 3. The number of hydrogen-bond donors (Lipinski definition) is 6. The third-order valence-electron chi connectivity index (χ3n) is 15.1. The summed E-state index contributed by atoms with van der Waals surface area (Å²) in [7, 11) is 0. The minimum Gasteiger partial charge on any atom is -0.454 e. The quantitative estimate of drug-likeness (QED) is 0.0195. The maximum Gasteiger partial charge on any atom is 0.306 e. The molecular formula is C63H119NO10. The first-order chi connectivity index (χ1) is 36.2. The van der Waals surface area contributed by atoms with Gasteiger partial charge < -0.3 is 45.1 Å². The van der Waals surface area contributed by atoms with E-state index in [1.54, 1.807) is 6.08 Å². The Labute approximate surface area is 454 Å². The predicted octanol–water partition coefficient (Wildman–Crippen LogP) is 14.9. The molecule has 8 unspecified atom stereocenters. The topological polar surface area (TPSA) is 175 Å². The molecule has 1 aliphatic heterocycles. The summed E-state index contributed by atoms with van der Waals surface area (Å²) in [5.74, 6) is -1.19. The molecular weight excluding hydrogens is 931 g/mol. The fraction of sp³-hybridized carbons (Fsp3) is 0.905. The maximum absolute atomic E-state index is 13.4. The van der Waals surface area contributed by atoms with E-state index in [1.165, 1.54) is 186 Å². The second-order valence-corrected chi connectivity index (χ2v) is 22.1. The lowest BCUT2D eigenvalue weighted by molar-refractivity contribution is -0.305. The van der Waals surface area contributed by atoms with Crippen LogP contribution in [0.3, 0.4) is 0 Å². The summed E-state index contributed by atoms with van der Waals surface area (Å²) in [5, 5.41) is 57.0. The van der Waals surface area contributed by atoms with Crippen molar-refractivity contribution in [3.63, 3.8) is 0 Å². The molecule has 74 heavy (non-hydrogen) atoms. The van der Waals surface area contributed by atoms with Gasteiger partial charge in [0.2, 0.25) is 5.91 Å². The average Bonchev–Trinajstić information content (AvgIpc) is 3.40. The number of unbranched alkanes of at least 4 members (excludes halogenated alkanes) is 38. The Kier molecular flexibility index (Phi) is 49.2. The highest BCUT2D eigenvalue weighted by atomic mass is 16.7. The summed E-state index contributed by atoms with van der Waals surface area (Å²) in [6.45, 7) is 5.80. The van der Waals surface area contributed by atoms with E-state index in [0.717, 1.165) is 70.6 Å². The number of amides is 1. The summed E-state index contributed by atoms with van der Waals surface area (Å²) in [4.78, 5) is 26.5. The van der Waals surface area contributed by atoms with Gasteiger partial charge in [0.25, 0.3) is 0 Å². The van der Waals surface area contributed by atoms with Crippen LogP contribution < -0.4 is 5.32 Å². The molecule has 1 heterocycles. The van der Waals surface area contributed by atoms with Gasteiger partial charge in [-0.15, -0.1) is 0 Å². The molecule has 1 rings (SSSR count). The summed E-state index contributed by atoms with van der Waals surface area (Å²) < 4.78 is 17.6. The molecule has 6 N–H and O–H groups in total. The molecule has 1 fully saturated rings. The first-order valence-corrected chi connectivity index (χ1v) is 31.6. The van der Waals surface area contributed by atoms with Gasteiger partial charge in [0.15, 0.2) is 12.4 Å². The van der Waals surface area contributed by atoms with Gasteiger partial charge in [0.05, 0.1) is 25.4 Å². The van der Waals surface area contributed by atoms with Crippen molar-refractivity contribution in [2.24, 2.45) is 0 Å². The van der Waals surface area contributed by atoms with Gasteiger partial charge in [-0.3, -0.25) is 9.59 Å². The molecule has 436 valence electrons. The second kappa shape index (κ2) is 51.9. The number of carbonyl (C=O) groups is 2. The molecule has 1 saturated heterocycles. The molecule has 11 nitrogen and oxygen atoms in total. The molecule has 11 heteroatoms. The minimum atomic E-state index is -1.61. The number of rotatable bonds is 54. The van der Waals surface area contributed by atoms with Crippen molar-refractivity contribution in [2.75, 3.05) is 13.2 Å². The van der Waals surface area contributed by atoms with Crippen LogP contribution in [-0.2, 0) is 23.8 Å². The monoisotopic (exact) mass is 1050 g/mol. The molecule has 1 aliphatic rings. The summed E-state index contributed by atoms with van der Waals surface area (Å²) >= 11 is 0. The third-order valence-corrected chi connectivity index (χ3v) is 15.1. The van der Waals surface area contributed by atoms with Crippen molar-refractivity contribution >= 4 is 11.9 Å². The van der Waals surface area contributed by atoms with E-state index in [9.17, 15) is 35.1 Å². The van der Waals surface area contributed by atoms with Gasteiger partial charge in [-0.25, -0.2) is 0 Å². The van der Waals surface area contributed by atoms with Crippen LogP contribution in [0, 0.1) is 0 Å². The first kappa shape index (κ1) is 70.2. The molecule has 0 aromatic rings. The van der Waals surface area contributed by atoms with Crippen LogP contribution in [-0.4, -0.2) is 99.6 Å². The fourth-order valence-corrected chi connectivity index (χ4v) is 10.1. The van der Waals surface area contributed by atoms with E-state index in [1.807, 2.05) is 6.08 Å². The number of esters is 1. The van der Waals surface area contributed by atoms with Crippen LogP contribution in [0.2, 0.25) is 0 Å². The Bertz CT molecular complexity index is 1300. The average molecular weight is 1050 g/mol. The van der Waals surface area contributed by atoms with Crippen LogP contribution in [0.15, 0.2) is 24.3 Å². The lowest BCUT2D eigenvalue weighted by Crippen LogP contribution is -2.61. The fourth-order valence-electron chi connectivity index (χ4n) is 10.1.